The van der Waals surface area contributed by atoms with Gasteiger partial charge in [-0.05, 0) is 25.0 Å². The Morgan fingerprint density at radius 3 is 3.00 bits per heavy atom. The number of ether oxygens (including phenoxy) is 3. The molecule has 0 saturated heterocycles. The minimum atomic E-state index is 0.306. The molecule has 18 heavy (non-hydrogen) atoms. The van der Waals surface area contributed by atoms with Gasteiger partial charge in [0.1, 0.15) is 5.75 Å². The molecule has 2 aliphatic rings. The van der Waals surface area contributed by atoms with Crippen molar-refractivity contribution in [3.05, 3.63) is 18.2 Å². The molecular formula is C14H19NO3. The first-order valence-corrected chi connectivity index (χ1v) is 6.57. The van der Waals surface area contributed by atoms with Crippen molar-refractivity contribution in [2.24, 2.45) is 5.92 Å². The van der Waals surface area contributed by atoms with E-state index in [0.29, 0.717) is 12.7 Å². The summed E-state index contributed by atoms with van der Waals surface area (Å²) >= 11 is 0. The summed E-state index contributed by atoms with van der Waals surface area (Å²) in [6.45, 7) is 4.25. The van der Waals surface area contributed by atoms with Gasteiger partial charge in [0.05, 0.1) is 6.61 Å². The number of hydrogen-bond donors (Lipinski definition) is 1. The van der Waals surface area contributed by atoms with Gasteiger partial charge in [0, 0.05) is 24.6 Å². The molecule has 0 aromatic heterocycles. The van der Waals surface area contributed by atoms with Crippen LogP contribution in [-0.2, 0) is 0 Å². The Morgan fingerprint density at radius 1 is 1.33 bits per heavy atom. The van der Waals surface area contributed by atoms with Crippen molar-refractivity contribution in [1.29, 1.82) is 0 Å². The lowest BCUT2D eigenvalue weighted by Crippen LogP contribution is -2.26. The molecule has 1 aliphatic heterocycles. The highest BCUT2D eigenvalue weighted by atomic mass is 16.7. The molecular weight excluding hydrogens is 230 g/mol. The standard InChI is InChI=1S/C14H19NO3/c1-10(7-15-11-2-3-11)8-16-12-4-5-13-14(6-12)18-9-17-13/h4-6,10-11,15H,2-3,7-9H2,1H3. The van der Waals surface area contributed by atoms with Gasteiger partial charge in [-0.25, -0.2) is 0 Å². The molecule has 1 saturated carbocycles. The lowest BCUT2D eigenvalue weighted by atomic mass is 10.2. The lowest BCUT2D eigenvalue weighted by molar-refractivity contribution is 0.173. The molecule has 1 N–H and O–H groups in total. The zero-order chi connectivity index (χ0) is 12.4. The van der Waals surface area contributed by atoms with Crippen molar-refractivity contribution < 1.29 is 14.2 Å². The molecule has 4 nitrogen and oxygen atoms in total. The third kappa shape index (κ3) is 2.88. The minimum Gasteiger partial charge on any atom is -0.493 e. The first-order valence-electron chi connectivity index (χ1n) is 6.57. The van der Waals surface area contributed by atoms with Crippen molar-refractivity contribution in [3.8, 4) is 17.2 Å². The van der Waals surface area contributed by atoms with Crippen LogP contribution in [0, 0.1) is 5.92 Å². The summed E-state index contributed by atoms with van der Waals surface area (Å²) in [5.74, 6) is 2.93. The summed E-state index contributed by atoms with van der Waals surface area (Å²) in [6.07, 6.45) is 2.66. The fraction of sp³-hybridized carbons (Fsp3) is 0.571. The molecule has 0 bridgehead atoms. The molecule has 0 amide bonds. The highest BCUT2D eigenvalue weighted by Crippen LogP contribution is 2.35. The molecule has 3 rings (SSSR count). The van der Waals surface area contributed by atoms with Gasteiger partial charge in [0.2, 0.25) is 6.79 Å². The van der Waals surface area contributed by atoms with Crippen LogP contribution in [-0.4, -0.2) is 26.0 Å². The Morgan fingerprint density at radius 2 is 2.17 bits per heavy atom. The maximum atomic E-state index is 5.77. The van der Waals surface area contributed by atoms with Gasteiger partial charge in [-0.15, -0.1) is 0 Å². The summed E-state index contributed by atoms with van der Waals surface area (Å²) in [5.41, 5.74) is 0. The Labute approximate surface area is 107 Å². The summed E-state index contributed by atoms with van der Waals surface area (Å²) in [7, 11) is 0. The van der Waals surface area contributed by atoms with Crippen molar-refractivity contribution in [2.75, 3.05) is 19.9 Å². The third-order valence-electron chi connectivity index (χ3n) is 3.21. The van der Waals surface area contributed by atoms with Gasteiger partial charge in [-0.2, -0.15) is 0 Å². The van der Waals surface area contributed by atoms with Crippen LogP contribution in [0.5, 0.6) is 17.2 Å². The second-order valence-electron chi connectivity index (χ2n) is 5.11. The Hall–Kier alpha value is -1.42. The number of fused-ring (bicyclic) bond motifs is 1. The molecule has 98 valence electrons. The van der Waals surface area contributed by atoms with Crippen molar-refractivity contribution in [3.63, 3.8) is 0 Å². The second-order valence-corrected chi connectivity index (χ2v) is 5.11. The van der Waals surface area contributed by atoms with Gasteiger partial charge >= 0.3 is 0 Å². The fourth-order valence-corrected chi connectivity index (χ4v) is 1.92. The summed E-state index contributed by atoms with van der Waals surface area (Å²) < 4.78 is 16.4. The summed E-state index contributed by atoms with van der Waals surface area (Å²) in [4.78, 5) is 0. The molecule has 1 aliphatic carbocycles. The van der Waals surface area contributed by atoms with Gasteiger partial charge < -0.3 is 19.5 Å². The monoisotopic (exact) mass is 249 g/mol. The second kappa shape index (κ2) is 5.06. The van der Waals surface area contributed by atoms with Crippen LogP contribution in [0.4, 0.5) is 0 Å². The van der Waals surface area contributed by atoms with E-state index in [-0.39, 0.29) is 0 Å². The summed E-state index contributed by atoms with van der Waals surface area (Å²) in [6, 6.07) is 6.47. The average Bonchev–Trinajstić information content (AvgIpc) is 3.10. The van der Waals surface area contributed by atoms with E-state index in [1.54, 1.807) is 0 Å². The van der Waals surface area contributed by atoms with Crippen LogP contribution < -0.4 is 19.5 Å². The van der Waals surface area contributed by atoms with Crippen LogP contribution in [0.3, 0.4) is 0 Å². The quantitative estimate of drug-likeness (QED) is 0.839. The number of rotatable bonds is 6. The van der Waals surface area contributed by atoms with Crippen molar-refractivity contribution >= 4 is 0 Å². The zero-order valence-electron chi connectivity index (χ0n) is 10.6. The van der Waals surface area contributed by atoms with Crippen LogP contribution in [0.25, 0.3) is 0 Å². The maximum absolute atomic E-state index is 5.77. The van der Waals surface area contributed by atoms with Crippen LogP contribution >= 0.6 is 0 Å². The first kappa shape index (κ1) is 11.7. The van der Waals surface area contributed by atoms with E-state index in [0.717, 1.165) is 36.4 Å². The molecule has 1 aromatic rings. The van der Waals surface area contributed by atoms with Gasteiger partial charge in [0.15, 0.2) is 11.5 Å². The lowest BCUT2D eigenvalue weighted by Gasteiger charge is -2.14. The molecule has 4 heteroatoms. The maximum Gasteiger partial charge on any atom is 0.231 e. The van der Waals surface area contributed by atoms with Gasteiger partial charge in [-0.1, -0.05) is 6.92 Å². The average molecular weight is 249 g/mol. The Balaban J connectivity index is 1.46. The zero-order valence-corrected chi connectivity index (χ0v) is 10.6. The van der Waals surface area contributed by atoms with E-state index < -0.39 is 0 Å². The number of hydrogen-bond acceptors (Lipinski definition) is 4. The summed E-state index contributed by atoms with van der Waals surface area (Å²) in [5, 5.41) is 3.51. The van der Waals surface area contributed by atoms with Crippen molar-refractivity contribution in [1.82, 2.24) is 5.32 Å². The normalized spacial score (nSPS) is 18.7. The number of nitrogens with one attached hydrogen (secondary N) is 1. The van der Waals surface area contributed by atoms with Crippen LogP contribution in [0.1, 0.15) is 19.8 Å². The minimum absolute atomic E-state index is 0.306. The Bertz CT molecular complexity index is 418. The fourth-order valence-electron chi connectivity index (χ4n) is 1.92. The largest absolute Gasteiger partial charge is 0.493 e. The highest BCUT2D eigenvalue weighted by molar-refractivity contribution is 5.46. The molecule has 1 fully saturated rings. The Kier molecular flexibility index (Phi) is 3.28. The predicted molar refractivity (Wildman–Crippen MR) is 68.2 cm³/mol. The molecule has 1 heterocycles. The topological polar surface area (TPSA) is 39.7 Å². The molecule has 1 aromatic carbocycles. The van der Waals surface area contributed by atoms with E-state index in [9.17, 15) is 0 Å². The molecule has 0 radical (unpaired) electrons. The third-order valence-corrected chi connectivity index (χ3v) is 3.21. The van der Waals surface area contributed by atoms with Crippen molar-refractivity contribution in [2.45, 2.75) is 25.8 Å². The van der Waals surface area contributed by atoms with E-state index in [1.807, 2.05) is 18.2 Å². The smallest absolute Gasteiger partial charge is 0.231 e. The van der Waals surface area contributed by atoms with Gasteiger partial charge in [-0.3, -0.25) is 0 Å². The molecule has 1 unspecified atom stereocenters. The predicted octanol–water partition coefficient (Wildman–Crippen LogP) is 2.18. The van der Waals surface area contributed by atoms with Crippen LogP contribution in [0.2, 0.25) is 0 Å². The van der Waals surface area contributed by atoms with E-state index in [1.165, 1.54) is 12.8 Å². The van der Waals surface area contributed by atoms with E-state index in [2.05, 4.69) is 12.2 Å². The van der Waals surface area contributed by atoms with Gasteiger partial charge in [0.25, 0.3) is 0 Å². The molecule has 1 atom stereocenters. The highest BCUT2D eigenvalue weighted by Gasteiger charge is 2.21. The molecule has 0 spiro atoms. The van der Waals surface area contributed by atoms with E-state index in [4.69, 9.17) is 14.2 Å². The number of benzene rings is 1. The SMILES string of the molecule is CC(CNC1CC1)COc1ccc2c(c1)OCO2. The first-order chi connectivity index (χ1) is 8.81. The van der Waals surface area contributed by atoms with Crippen LogP contribution in [0.15, 0.2) is 18.2 Å². The van der Waals surface area contributed by atoms with E-state index >= 15 is 0 Å².